The molecule has 2 N–H and O–H groups in total. The van der Waals surface area contributed by atoms with Crippen LogP contribution in [0.2, 0.25) is 0 Å². The molecule has 0 aromatic heterocycles. The molecule has 1 rings (SSSR count). The van der Waals surface area contributed by atoms with E-state index in [0.717, 1.165) is 37.7 Å². The number of thioether (sulfide) groups is 1. The summed E-state index contributed by atoms with van der Waals surface area (Å²) < 4.78 is 40.4. The molecule has 0 bridgehead atoms. The first-order valence-corrected chi connectivity index (χ1v) is 11.2. The second kappa shape index (κ2) is 9.26. The summed E-state index contributed by atoms with van der Waals surface area (Å²) in [7, 11) is 0. The third-order valence-corrected chi connectivity index (χ3v) is 7.08. The molecule has 1 saturated heterocycles. The predicted molar refractivity (Wildman–Crippen MR) is 99.9 cm³/mol. The number of rotatable bonds is 6. The molecular weight excluding hydrogens is 356 g/mol. The lowest BCUT2D eigenvalue weighted by molar-refractivity contribution is 0.199. The fraction of sp³-hybridized carbons (Fsp3) is 1.00. The van der Waals surface area contributed by atoms with Crippen molar-refractivity contribution in [3.05, 3.63) is 0 Å². The van der Waals surface area contributed by atoms with Gasteiger partial charge in [0.25, 0.3) is 0 Å². The van der Waals surface area contributed by atoms with Crippen molar-refractivity contribution in [2.45, 2.75) is 37.2 Å². The van der Waals surface area contributed by atoms with Gasteiger partial charge >= 0.3 is 0 Å². The SMILES string of the molecule is CC(C)(CN1CCSCCN(CC(C)(C)S(=O)O)CC1)S(=O)O. The van der Waals surface area contributed by atoms with E-state index in [1.807, 2.05) is 11.8 Å². The monoisotopic (exact) mass is 386 g/mol. The third kappa shape index (κ3) is 7.50. The highest BCUT2D eigenvalue weighted by molar-refractivity contribution is 7.99. The van der Waals surface area contributed by atoms with E-state index in [-0.39, 0.29) is 0 Å². The van der Waals surface area contributed by atoms with Crippen molar-refractivity contribution in [2.24, 2.45) is 0 Å². The van der Waals surface area contributed by atoms with Gasteiger partial charge in [0, 0.05) is 50.8 Å². The number of nitrogens with zero attached hydrogens (tertiary/aromatic N) is 2. The molecule has 1 aliphatic heterocycles. The maximum atomic E-state index is 11.5. The Balaban J connectivity index is 2.68. The first-order valence-electron chi connectivity index (χ1n) is 7.79. The van der Waals surface area contributed by atoms with Crippen molar-refractivity contribution >= 4 is 33.9 Å². The molecule has 9 heteroatoms. The maximum absolute atomic E-state index is 11.5. The molecule has 0 radical (unpaired) electrons. The van der Waals surface area contributed by atoms with Gasteiger partial charge in [0.15, 0.2) is 22.2 Å². The second-order valence-electron chi connectivity index (χ2n) is 7.18. The average Bonchev–Trinajstić information content (AvgIpc) is 2.51. The number of hydrogen-bond donors (Lipinski definition) is 2. The van der Waals surface area contributed by atoms with Crippen LogP contribution in [-0.2, 0) is 22.2 Å². The van der Waals surface area contributed by atoms with Gasteiger partial charge in [-0.3, -0.25) is 9.80 Å². The Morgan fingerprint density at radius 1 is 0.826 bits per heavy atom. The normalized spacial score (nSPS) is 22.9. The van der Waals surface area contributed by atoms with Crippen molar-refractivity contribution in [3.8, 4) is 0 Å². The Bertz CT molecular complexity index is 394. The Hall–Kier alpha value is 0.490. The van der Waals surface area contributed by atoms with Crippen LogP contribution in [0.5, 0.6) is 0 Å². The third-order valence-electron chi connectivity index (χ3n) is 3.99. The predicted octanol–water partition coefficient (Wildman–Crippen LogP) is 1.34. The summed E-state index contributed by atoms with van der Waals surface area (Å²) in [4.78, 5) is 4.45. The van der Waals surface area contributed by atoms with E-state index >= 15 is 0 Å². The minimum absolute atomic E-state index is 0.569. The van der Waals surface area contributed by atoms with Gasteiger partial charge in [-0.05, 0) is 27.7 Å². The van der Waals surface area contributed by atoms with Gasteiger partial charge in [0.1, 0.15) is 0 Å². The van der Waals surface area contributed by atoms with Gasteiger partial charge in [-0.25, -0.2) is 8.42 Å². The summed E-state index contributed by atoms with van der Waals surface area (Å²) in [5, 5.41) is 0. The van der Waals surface area contributed by atoms with Crippen molar-refractivity contribution in [2.75, 3.05) is 50.8 Å². The minimum Gasteiger partial charge on any atom is -0.306 e. The lowest BCUT2D eigenvalue weighted by atomic mass is 10.1. The van der Waals surface area contributed by atoms with Gasteiger partial charge in [-0.1, -0.05) is 0 Å². The van der Waals surface area contributed by atoms with Crippen LogP contribution in [0.1, 0.15) is 27.7 Å². The molecular formula is C14H30N2O4S3. The van der Waals surface area contributed by atoms with Crippen molar-refractivity contribution in [1.29, 1.82) is 0 Å². The minimum atomic E-state index is -1.86. The van der Waals surface area contributed by atoms with E-state index in [2.05, 4.69) is 9.80 Å². The Kier molecular flexibility index (Phi) is 8.67. The second-order valence-corrected chi connectivity index (χ2v) is 11.6. The summed E-state index contributed by atoms with van der Waals surface area (Å²) >= 11 is -1.86. The Labute approximate surface area is 149 Å². The summed E-state index contributed by atoms with van der Waals surface area (Å²) in [6, 6.07) is 0. The molecule has 0 aromatic rings. The molecule has 23 heavy (non-hydrogen) atoms. The molecule has 0 aliphatic carbocycles. The average molecular weight is 387 g/mol. The van der Waals surface area contributed by atoms with E-state index in [1.54, 1.807) is 27.7 Å². The molecule has 2 atom stereocenters. The highest BCUT2D eigenvalue weighted by Gasteiger charge is 2.30. The standard InChI is InChI=1S/C14H30N2O4S3/c1-13(2,22(17)18)11-15-5-6-16(8-10-21-9-7-15)12-14(3,4)23(19)20/h5-12H2,1-4H3,(H,17,18)(H,19,20). The summed E-state index contributed by atoms with van der Waals surface area (Å²) in [6.45, 7) is 11.8. The Morgan fingerprint density at radius 2 is 1.17 bits per heavy atom. The van der Waals surface area contributed by atoms with Gasteiger partial charge in [0.05, 0.1) is 9.49 Å². The first kappa shape index (κ1) is 21.5. The van der Waals surface area contributed by atoms with Crippen LogP contribution in [0.25, 0.3) is 0 Å². The smallest absolute Gasteiger partial charge is 0.159 e. The largest absolute Gasteiger partial charge is 0.306 e. The molecule has 1 heterocycles. The molecule has 0 saturated carbocycles. The molecule has 138 valence electrons. The van der Waals surface area contributed by atoms with Crippen LogP contribution < -0.4 is 0 Å². The number of hydrogen-bond acceptors (Lipinski definition) is 5. The van der Waals surface area contributed by atoms with Crippen molar-refractivity contribution in [3.63, 3.8) is 0 Å². The van der Waals surface area contributed by atoms with Gasteiger partial charge in [-0.15, -0.1) is 0 Å². The molecule has 0 amide bonds. The zero-order chi connectivity index (χ0) is 17.7. The van der Waals surface area contributed by atoms with E-state index in [0.29, 0.717) is 13.1 Å². The van der Waals surface area contributed by atoms with Crippen molar-refractivity contribution < 1.29 is 17.5 Å². The topological polar surface area (TPSA) is 81.1 Å². The summed E-state index contributed by atoms with van der Waals surface area (Å²) in [5.41, 5.74) is 0. The summed E-state index contributed by atoms with van der Waals surface area (Å²) in [6.07, 6.45) is 0. The maximum Gasteiger partial charge on any atom is 0.159 e. The lowest BCUT2D eigenvalue weighted by Gasteiger charge is -2.33. The van der Waals surface area contributed by atoms with Crippen LogP contribution >= 0.6 is 11.8 Å². The molecule has 1 fully saturated rings. The highest BCUT2D eigenvalue weighted by atomic mass is 32.2. The van der Waals surface area contributed by atoms with Crippen molar-refractivity contribution in [1.82, 2.24) is 9.80 Å². The zero-order valence-corrected chi connectivity index (χ0v) is 16.9. The van der Waals surface area contributed by atoms with Crippen LogP contribution in [0.4, 0.5) is 0 Å². The Morgan fingerprint density at radius 3 is 1.48 bits per heavy atom. The molecule has 1 aliphatic rings. The van der Waals surface area contributed by atoms with E-state index in [4.69, 9.17) is 0 Å². The van der Waals surface area contributed by atoms with Crippen LogP contribution in [0.3, 0.4) is 0 Å². The zero-order valence-electron chi connectivity index (χ0n) is 14.5. The molecule has 6 nitrogen and oxygen atoms in total. The first-order chi connectivity index (χ1) is 10.5. The van der Waals surface area contributed by atoms with Crippen LogP contribution in [0.15, 0.2) is 0 Å². The fourth-order valence-corrected chi connectivity index (χ4v) is 4.06. The lowest BCUT2D eigenvalue weighted by Crippen LogP contribution is -2.47. The summed E-state index contributed by atoms with van der Waals surface area (Å²) in [5.74, 6) is 1.99. The van der Waals surface area contributed by atoms with E-state index < -0.39 is 31.7 Å². The van der Waals surface area contributed by atoms with Gasteiger partial charge < -0.3 is 9.11 Å². The molecule has 0 spiro atoms. The van der Waals surface area contributed by atoms with Gasteiger partial charge in [0.2, 0.25) is 0 Å². The highest BCUT2D eigenvalue weighted by Crippen LogP contribution is 2.17. The van der Waals surface area contributed by atoms with E-state index in [9.17, 15) is 17.5 Å². The fourth-order valence-electron chi connectivity index (χ4n) is 2.50. The molecule has 0 aromatic carbocycles. The van der Waals surface area contributed by atoms with Crippen LogP contribution in [0, 0.1) is 0 Å². The quantitative estimate of drug-likeness (QED) is 0.667. The van der Waals surface area contributed by atoms with Gasteiger partial charge in [-0.2, -0.15) is 11.8 Å². The van der Waals surface area contributed by atoms with Crippen LogP contribution in [-0.4, -0.2) is 87.6 Å². The molecule has 2 unspecified atom stereocenters. The van der Waals surface area contributed by atoms with E-state index in [1.165, 1.54) is 0 Å².